The molecule has 0 unspecified atom stereocenters. The lowest BCUT2D eigenvalue weighted by Gasteiger charge is -2.23. The summed E-state index contributed by atoms with van der Waals surface area (Å²) in [7, 11) is 0. The monoisotopic (exact) mass is 362 g/mol. The Bertz CT molecular complexity index is 1000. The molecule has 3 aromatic rings. The summed E-state index contributed by atoms with van der Waals surface area (Å²) in [4.78, 5) is 20.4. The highest BCUT2D eigenvalue weighted by Crippen LogP contribution is 2.30. The number of fused-ring (bicyclic) bond motifs is 1. The third kappa shape index (κ3) is 3.85. The molecule has 1 fully saturated rings. The van der Waals surface area contributed by atoms with Crippen molar-refractivity contribution in [2.75, 3.05) is 6.54 Å². The molecule has 0 amide bonds. The Balaban J connectivity index is 1.47. The first-order valence-corrected chi connectivity index (χ1v) is 9.45. The number of benzene rings is 2. The van der Waals surface area contributed by atoms with Gasteiger partial charge in [0.25, 0.3) is 0 Å². The second-order valence-electron chi connectivity index (χ2n) is 7.34. The molecule has 1 N–H and O–H groups in total. The Hall–Kier alpha value is -2.75. The summed E-state index contributed by atoms with van der Waals surface area (Å²) in [5.41, 5.74) is 5.62. The standard InChI is InChI=1S/C23H23FN2O/c1-15-21(22-4-2-3-5-23(22)26-15)10-11-25-19-12-17(13-20(27)14-19)16-6-8-18(24)9-7-16/h2-9,17,26H,10-14H2,1H3/t17-/m1/s1. The van der Waals surface area contributed by atoms with Crippen LogP contribution in [-0.2, 0) is 11.2 Å². The highest BCUT2D eigenvalue weighted by molar-refractivity contribution is 6.05. The molecule has 0 radical (unpaired) electrons. The molecule has 1 aliphatic carbocycles. The van der Waals surface area contributed by atoms with Crippen LogP contribution >= 0.6 is 0 Å². The SMILES string of the molecule is Cc1[nH]c2ccccc2c1CCN=C1CC(=O)C[C@H](c2ccc(F)cc2)C1. The van der Waals surface area contributed by atoms with Crippen LogP contribution in [0.5, 0.6) is 0 Å². The number of nitrogens with one attached hydrogen (secondary N) is 1. The number of H-pyrrole nitrogens is 1. The van der Waals surface area contributed by atoms with Crippen molar-refractivity contribution in [2.24, 2.45) is 4.99 Å². The maximum absolute atomic E-state index is 13.2. The van der Waals surface area contributed by atoms with E-state index in [9.17, 15) is 9.18 Å². The molecule has 3 nitrogen and oxygen atoms in total. The molecule has 138 valence electrons. The van der Waals surface area contributed by atoms with Crippen molar-refractivity contribution in [1.82, 2.24) is 4.98 Å². The number of carbonyl (C=O) groups is 1. The molecule has 2 aromatic carbocycles. The number of ketones is 1. The zero-order valence-corrected chi connectivity index (χ0v) is 15.5. The molecule has 27 heavy (non-hydrogen) atoms. The predicted octanol–water partition coefficient (Wildman–Crippen LogP) is 5.14. The number of para-hydroxylation sites is 1. The summed E-state index contributed by atoms with van der Waals surface area (Å²) < 4.78 is 13.2. The fraction of sp³-hybridized carbons (Fsp3) is 0.304. The Kier molecular flexibility index (Phi) is 4.88. The van der Waals surface area contributed by atoms with Gasteiger partial charge in [0.2, 0.25) is 0 Å². The smallest absolute Gasteiger partial charge is 0.139 e. The highest BCUT2D eigenvalue weighted by atomic mass is 19.1. The van der Waals surface area contributed by atoms with Gasteiger partial charge in [0, 0.05) is 41.7 Å². The van der Waals surface area contributed by atoms with Crippen LogP contribution in [0.4, 0.5) is 4.39 Å². The van der Waals surface area contributed by atoms with Gasteiger partial charge in [0.1, 0.15) is 11.6 Å². The molecule has 4 heteroatoms. The second kappa shape index (κ2) is 7.47. The lowest BCUT2D eigenvalue weighted by molar-refractivity contribution is -0.118. The van der Waals surface area contributed by atoms with Crippen LogP contribution in [0.15, 0.2) is 53.5 Å². The Morgan fingerprint density at radius 1 is 1.11 bits per heavy atom. The number of aryl methyl sites for hydroxylation is 1. The Labute approximate surface area is 158 Å². The summed E-state index contributed by atoms with van der Waals surface area (Å²) in [6, 6.07) is 14.8. The number of Topliss-reactive ketones (excluding diaryl/α,β-unsaturated/α-hetero) is 1. The number of nitrogens with zero attached hydrogens (tertiary/aromatic N) is 1. The molecule has 0 saturated heterocycles. The zero-order valence-electron chi connectivity index (χ0n) is 15.5. The fourth-order valence-electron chi connectivity index (χ4n) is 4.08. The molecule has 0 spiro atoms. The van der Waals surface area contributed by atoms with Crippen molar-refractivity contribution in [1.29, 1.82) is 0 Å². The van der Waals surface area contributed by atoms with E-state index in [0.717, 1.165) is 29.6 Å². The number of halogens is 1. The summed E-state index contributed by atoms with van der Waals surface area (Å²) in [5, 5.41) is 1.25. The number of hydrogen-bond donors (Lipinski definition) is 1. The Morgan fingerprint density at radius 3 is 2.70 bits per heavy atom. The van der Waals surface area contributed by atoms with Gasteiger partial charge in [-0.3, -0.25) is 9.79 Å². The molecular formula is C23H23FN2O. The summed E-state index contributed by atoms with van der Waals surface area (Å²) in [6.07, 6.45) is 2.61. The topological polar surface area (TPSA) is 45.2 Å². The van der Waals surface area contributed by atoms with Crippen molar-refractivity contribution >= 4 is 22.4 Å². The minimum absolute atomic E-state index is 0.112. The maximum atomic E-state index is 13.2. The molecule has 4 rings (SSSR count). The zero-order chi connectivity index (χ0) is 18.8. The largest absolute Gasteiger partial charge is 0.358 e. The third-order valence-corrected chi connectivity index (χ3v) is 5.42. The van der Waals surface area contributed by atoms with Gasteiger partial charge in [-0.05, 0) is 55.0 Å². The van der Waals surface area contributed by atoms with Crippen molar-refractivity contribution in [3.05, 3.63) is 71.2 Å². The average Bonchev–Trinajstić information content (AvgIpc) is 2.97. The number of aromatic amines is 1. The van der Waals surface area contributed by atoms with Gasteiger partial charge in [-0.25, -0.2) is 4.39 Å². The lowest BCUT2D eigenvalue weighted by atomic mass is 9.82. The number of aliphatic imine (C=N–C) groups is 1. The van der Waals surface area contributed by atoms with Gasteiger partial charge in [-0.15, -0.1) is 0 Å². The van der Waals surface area contributed by atoms with E-state index >= 15 is 0 Å². The van der Waals surface area contributed by atoms with E-state index in [1.807, 2.05) is 6.07 Å². The number of carbonyl (C=O) groups excluding carboxylic acids is 1. The predicted molar refractivity (Wildman–Crippen MR) is 107 cm³/mol. The summed E-state index contributed by atoms with van der Waals surface area (Å²) in [5.74, 6) is 0.0851. The molecule has 1 saturated carbocycles. The van der Waals surface area contributed by atoms with E-state index in [0.29, 0.717) is 19.4 Å². The van der Waals surface area contributed by atoms with Crippen molar-refractivity contribution in [3.8, 4) is 0 Å². The van der Waals surface area contributed by atoms with Crippen molar-refractivity contribution in [2.45, 2.75) is 38.5 Å². The van der Waals surface area contributed by atoms with Gasteiger partial charge in [-0.1, -0.05) is 30.3 Å². The minimum Gasteiger partial charge on any atom is -0.358 e. The summed E-state index contributed by atoms with van der Waals surface area (Å²) in [6.45, 7) is 2.78. The molecule has 1 aromatic heterocycles. The molecular weight excluding hydrogens is 339 g/mol. The van der Waals surface area contributed by atoms with E-state index in [1.54, 1.807) is 12.1 Å². The molecule has 0 aliphatic heterocycles. The van der Waals surface area contributed by atoms with Gasteiger partial charge >= 0.3 is 0 Å². The van der Waals surface area contributed by atoms with E-state index < -0.39 is 0 Å². The first-order chi connectivity index (χ1) is 13.1. The molecule has 1 aliphatic rings. The summed E-state index contributed by atoms with van der Waals surface area (Å²) >= 11 is 0. The quantitative estimate of drug-likeness (QED) is 0.686. The van der Waals surface area contributed by atoms with Gasteiger partial charge < -0.3 is 4.98 Å². The normalized spacial score (nSPS) is 19.1. The van der Waals surface area contributed by atoms with E-state index in [2.05, 4.69) is 30.1 Å². The third-order valence-electron chi connectivity index (χ3n) is 5.42. The number of hydrogen-bond acceptors (Lipinski definition) is 2. The second-order valence-corrected chi connectivity index (χ2v) is 7.34. The first kappa shape index (κ1) is 17.7. The van der Waals surface area contributed by atoms with Gasteiger partial charge in [0.15, 0.2) is 0 Å². The highest BCUT2D eigenvalue weighted by Gasteiger charge is 2.25. The lowest BCUT2D eigenvalue weighted by Crippen LogP contribution is -2.22. The van der Waals surface area contributed by atoms with E-state index in [-0.39, 0.29) is 17.5 Å². The van der Waals surface area contributed by atoms with Crippen LogP contribution in [0, 0.1) is 12.7 Å². The van der Waals surface area contributed by atoms with Gasteiger partial charge in [-0.2, -0.15) is 0 Å². The van der Waals surface area contributed by atoms with Crippen LogP contribution in [-0.4, -0.2) is 23.0 Å². The van der Waals surface area contributed by atoms with E-state index in [1.165, 1.54) is 28.8 Å². The van der Waals surface area contributed by atoms with Crippen LogP contribution < -0.4 is 0 Å². The van der Waals surface area contributed by atoms with Crippen LogP contribution in [0.1, 0.15) is 42.0 Å². The van der Waals surface area contributed by atoms with Gasteiger partial charge in [0.05, 0.1) is 0 Å². The van der Waals surface area contributed by atoms with Crippen LogP contribution in [0.3, 0.4) is 0 Å². The average molecular weight is 362 g/mol. The van der Waals surface area contributed by atoms with Crippen LogP contribution in [0.25, 0.3) is 10.9 Å². The minimum atomic E-state index is -0.246. The molecule has 0 bridgehead atoms. The first-order valence-electron chi connectivity index (χ1n) is 9.45. The number of aromatic nitrogens is 1. The maximum Gasteiger partial charge on any atom is 0.139 e. The van der Waals surface area contributed by atoms with Crippen LogP contribution in [0.2, 0.25) is 0 Å². The molecule has 1 heterocycles. The van der Waals surface area contributed by atoms with Crippen molar-refractivity contribution < 1.29 is 9.18 Å². The number of rotatable bonds is 4. The molecule has 1 atom stereocenters. The van der Waals surface area contributed by atoms with Crippen molar-refractivity contribution in [3.63, 3.8) is 0 Å². The van der Waals surface area contributed by atoms with E-state index in [4.69, 9.17) is 4.99 Å². The fourth-order valence-corrected chi connectivity index (χ4v) is 4.08. The Morgan fingerprint density at radius 2 is 1.89 bits per heavy atom.